The fraction of sp³-hybridized carbons (Fsp3) is 1.00. The quantitative estimate of drug-likeness (QED) is 0.867. The lowest BCUT2D eigenvalue weighted by atomic mass is 9.48. The van der Waals surface area contributed by atoms with Gasteiger partial charge in [-0.05, 0) is 74.5 Å². The zero-order chi connectivity index (χ0) is 14.4. The van der Waals surface area contributed by atoms with Gasteiger partial charge in [0.05, 0.1) is 0 Å². The molecule has 0 aromatic carbocycles. The summed E-state index contributed by atoms with van der Waals surface area (Å²) in [4.78, 5) is 0. The van der Waals surface area contributed by atoms with Gasteiger partial charge in [-0.15, -0.1) is 0 Å². The molecule has 5 fully saturated rings. The molecule has 3 nitrogen and oxygen atoms in total. The normalized spacial score (nSPS) is 45.7. The summed E-state index contributed by atoms with van der Waals surface area (Å²) in [7, 11) is -0.754. The van der Waals surface area contributed by atoms with E-state index in [1.54, 1.807) is 0 Å². The standard InChI is InChI=1S/C17H29NO2S/c18-16(11-21(19)15-1-3-20-4-2-15)17-8-12-5-13(9-17)7-14(6-12)10-17/h12-16H,1-11,18H2. The smallest absolute Gasteiger partial charge is 0.0477 e. The van der Waals surface area contributed by atoms with Gasteiger partial charge in [0.15, 0.2) is 0 Å². The van der Waals surface area contributed by atoms with Crippen LogP contribution in [-0.4, -0.2) is 34.5 Å². The molecule has 0 radical (unpaired) electrons. The molecule has 0 amide bonds. The minimum atomic E-state index is -0.754. The third kappa shape index (κ3) is 2.72. The predicted octanol–water partition coefficient (Wildman–Crippen LogP) is 2.46. The van der Waals surface area contributed by atoms with Crippen LogP contribution in [0.25, 0.3) is 0 Å². The van der Waals surface area contributed by atoms with Gasteiger partial charge in [-0.25, -0.2) is 0 Å². The van der Waals surface area contributed by atoms with Gasteiger partial charge in [0.1, 0.15) is 0 Å². The van der Waals surface area contributed by atoms with Crippen molar-refractivity contribution in [1.29, 1.82) is 0 Å². The van der Waals surface area contributed by atoms with Gasteiger partial charge in [-0.1, -0.05) is 0 Å². The van der Waals surface area contributed by atoms with E-state index in [0.717, 1.165) is 49.6 Å². The summed E-state index contributed by atoms with van der Waals surface area (Å²) in [6.07, 6.45) is 10.3. The van der Waals surface area contributed by atoms with Crippen LogP contribution < -0.4 is 5.73 Å². The van der Waals surface area contributed by atoms with E-state index in [2.05, 4.69) is 0 Å². The van der Waals surface area contributed by atoms with Crippen molar-refractivity contribution in [1.82, 2.24) is 0 Å². The zero-order valence-electron chi connectivity index (χ0n) is 13.0. The lowest BCUT2D eigenvalue weighted by molar-refractivity contribution is -0.0631. The van der Waals surface area contributed by atoms with Crippen LogP contribution in [0.2, 0.25) is 0 Å². The number of rotatable bonds is 4. The highest BCUT2D eigenvalue weighted by atomic mass is 32.2. The number of ether oxygens (including phenoxy) is 1. The summed E-state index contributed by atoms with van der Waals surface area (Å²) in [5.74, 6) is 3.52. The molecule has 1 heterocycles. The minimum Gasteiger partial charge on any atom is -0.381 e. The molecule has 0 aromatic rings. The summed E-state index contributed by atoms with van der Waals surface area (Å²) in [6.45, 7) is 1.56. The van der Waals surface area contributed by atoms with Crippen LogP contribution in [0.3, 0.4) is 0 Å². The first-order valence-corrected chi connectivity index (χ1v) is 10.2. The van der Waals surface area contributed by atoms with E-state index >= 15 is 0 Å². The molecule has 4 bridgehead atoms. The topological polar surface area (TPSA) is 52.3 Å². The summed E-state index contributed by atoms with van der Waals surface area (Å²) >= 11 is 0. The molecule has 2 N–H and O–H groups in total. The lowest BCUT2D eigenvalue weighted by Gasteiger charge is -2.59. The van der Waals surface area contributed by atoms with Gasteiger partial charge >= 0.3 is 0 Å². The second-order valence-electron chi connectivity index (χ2n) is 8.25. The Bertz CT molecular complexity index is 384. The first-order chi connectivity index (χ1) is 10.1. The van der Waals surface area contributed by atoms with Crippen LogP contribution in [0, 0.1) is 23.2 Å². The molecule has 2 atom stereocenters. The molecule has 0 aromatic heterocycles. The molecule has 4 saturated carbocycles. The van der Waals surface area contributed by atoms with E-state index in [0.29, 0.717) is 10.7 Å². The predicted molar refractivity (Wildman–Crippen MR) is 85.4 cm³/mol. The average Bonchev–Trinajstić information content (AvgIpc) is 2.46. The van der Waals surface area contributed by atoms with Gasteiger partial charge in [0.2, 0.25) is 0 Å². The molecule has 5 aliphatic rings. The molecule has 0 spiro atoms. The van der Waals surface area contributed by atoms with Crippen LogP contribution in [-0.2, 0) is 15.5 Å². The second-order valence-corrected chi connectivity index (χ2v) is 10.0. The van der Waals surface area contributed by atoms with Gasteiger partial charge in [0.25, 0.3) is 0 Å². The van der Waals surface area contributed by atoms with Crippen molar-refractivity contribution in [2.24, 2.45) is 28.9 Å². The van der Waals surface area contributed by atoms with Crippen molar-refractivity contribution >= 4 is 10.8 Å². The lowest BCUT2D eigenvalue weighted by Crippen LogP contribution is -2.56. The summed E-state index contributed by atoms with van der Waals surface area (Å²) < 4.78 is 18.1. The molecular formula is C17H29NO2S. The molecule has 21 heavy (non-hydrogen) atoms. The monoisotopic (exact) mass is 311 g/mol. The van der Waals surface area contributed by atoms with E-state index in [1.807, 2.05) is 0 Å². The summed E-state index contributed by atoms with van der Waals surface area (Å²) in [5, 5.41) is 0.332. The number of nitrogens with two attached hydrogens (primary N) is 1. The van der Waals surface area contributed by atoms with Crippen molar-refractivity contribution in [2.45, 2.75) is 62.7 Å². The van der Waals surface area contributed by atoms with Gasteiger partial charge in [-0.3, -0.25) is 4.21 Å². The highest BCUT2D eigenvalue weighted by molar-refractivity contribution is 7.85. The molecule has 1 saturated heterocycles. The van der Waals surface area contributed by atoms with Gasteiger partial charge in [0, 0.05) is 41.1 Å². The Labute approximate surface area is 130 Å². The maximum absolute atomic E-state index is 12.7. The summed E-state index contributed by atoms with van der Waals surface area (Å²) in [5.41, 5.74) is 7.00. The van der Waals surface area contributed by atoms with E-state index in [4.69, 9.17) is 10.5 Å². The fourth-order valence-electron chi connectivity index (χ4n) is 6.06. The van der Waals surface area contributed by atoms with Crippen molar-refractivity contribution in [3.05, 3.63) is 0 Å². The van der Waals surface area contributed by atoms with Gasteiger partial charge in [-0.2, -0.15) is 0 Å². The Morgan fingerprint density at radius 2 is 1.57 bits per heavy atom. The van der Waals surface area contributed by atoms with Crippen molar-refractivity contribution in [3.8, 4) is 0 Å². The first-order valence-electron chi connectivity index (χ1n) is 8.85. The van der Waals surface area contributed by atoms with Gasteiger partial charge < -0.3 is 10.5 Å². The Hall–Kier alpha value is 0.0700. The summed E-state index contributed by atoms with van der Waals surface area (Å²) in [6, 6.07) is 0.162. The fourth-order valence-corrected chi connectivity index (χ4v) is 7.76. The van der Waals surface area contributed by atoms with Crippen LogP contribution >= 0.6 is 0 Å². The van der Waals surface area contributed by atoms with E-state index in [1.165, 1.54) is 38.5 Å². The van der Waals surface area contributed by atoms with Crippen molar-refractivity contribution in [2.75, 3.05) is 19.0 Å². The highest BCUT2D eigenvalue weighted by Crippen LogP contribution is 2.61. The maximum Gasteiger partial charge on any atom is 0.0477 e. The van der Waals surface area contributed by atoms with Crippen LogP contribution in [0.4, 0.5) is 0 Å². The second kappa shape index (κ2) is 5.61. The first kappa shape index (κ1) is 14.6. The molecule has 1 aliphatic heterocycles. The van der Waals surface area contributed by atoms with E-state index in [9.17, 15) is 4.21 Å². The van der Waals surface area contributed by atoms with Crippen molar-refractivity contribution < 1.29 is 8.95 Å². The van der Waals surface area contributed by atoms with Crippen LogP contribution in [0.15, 0.2) is 0 Å². The average molecular weight is 311 g/mol. The molecular weight excluding hydrogens is 282 g/mol. The Kier molecular flexibility index (Phi) is 3.91. The third-order valence-electron chi connectivity index (χ3n) is 6.76. The molecule has 2 unspecified atom stereocenters. The number of hydrogen-bond donors (Lipinski definition) is 1. The largest absolute Gasteiger partial charge is 0.381 e. The Morgan fingerprint density at radius 1 is 1.05 bits per heavy atom. The zero-order valence-corrected chi connectivity index (χ0v) is 13.8. The Morgan fingerprint density at radius 3 is 2.10 bits per heavy atom. The molecule has 120 valence electrons. The maximum atomic E-state index is 12.7. The SMILES string of the molecule is NC(CS(=O)C1CCOCC1)C12CC3CC(CC(C3)C1)C2. The van der Waals surface area contributed by atoms with E-state index in [-0.39, 0.29) is 6.04 Å². The van der Waals surface area contributed by atoms with Crippen LogP contribution in [0.1, 0.15) is 51.4 Å². The molecule has 5 rings (SSSR count). The minimum absolute atomic E-state index is 0.162. The molecule has 4 aliphatic carbocycles. The van der Waals surface area contributed by atoms with Crippen LogP contribution in [0.5, 0.6) is 0 Å². The van der Waals surface area contributed by atoms with E-state index < -0.39 is 10.8 Å². The Balaban J connectivity index is 1.42. The third-order valence-corrected chi connectivity index (χ3v) is 8.66. The highest BCUT2D eigenvalue weighted by Gasteiger charge is 2.53. The molecule has 4 heteroatoms. The van der Waals surface area contributed by atoms with Crippen molar-refractivity contribution in [3.63, 3.8) is 0 Å². The number of hydrogen-bond acceptors (Lipinski definition) is 3.